The SMILES string of the molecule is COc1cccc(C(O)CNC(=O)c2cc(-c3cccs3)[nH]n2)c1. The standard InChI is InChI=1S/C17H17N3O3S/c1-23-12-5-2-4-11(8-12)15(21)10-18-17(22)14-9-13(19-20-14)16-6-3-7-24-16/h2-9,15,21H,10H2,1H3,(H,18,22)(H,19,20). The Labute approximate surface area is 143 Å². The molecule has 24 heavy (non-hydrogen) atoms. The molecule has 3 N–H and O–H groups in total. The monoisotopic (exact) mass is 343 g/mol. The first-order chi connectivity index (χ1) is 11.7. The molecule has 2 aromatic heterocycles. The van der Waals surface area contributed by atoms with E-state index in [1.165, 1.54) is 0 Å². The number of amides is 1. The zero-order valence-corrected chi connectivity index (χ0v) is 13.8. The number of methoxy groups -OCH3 is 1. The predicted molar refractivity (Wildman–Crippen MR) is 92.2 cm³/mol. The lowest BCUT2D eigenvalue weighted by molar-refractivity contribution is 0.0911. The molecule has 0 saturated carbocycles. The van der Waals surface area contributed by atoms with Gasteiger partial charge in [-0.3, -0.25) is 9.89 Å². The van der Waals surface area contributed by atoms with Crippen LogP contribution in [-0.4, -0.2) is 34.9 Å². The first kappa shape index (κ1) is 16.2. The van der Waals surface area contributed by atoms with Gasteiger partial charge < -0.3 is 15.2 Å². The highest BCUT2D eigenvalue weighted by Gasteiger charge is 2.14. The highest BCUT2D eigenvalue weighted by atomic mass is 32.1. The van der Waals surface area contributed by atoms with E-state index in [4.69, 9.17) is 4.74 Å². The minimum atomic E-state index is -0.820. The Balaban J connectivity index is 1.61. The molecule has 2 heterocycles. The van der Waals surface area contributed by atoms with E-state index in [0.717, 1.165) is 10.6 Å². The Bertz CT molecular complexity index is 814. The number of hydrogen-bond donors (Lipinski definition) is 3. The second-order valence-electron chi connectivity index (χ2n) is 5.15. The maximum absolute atomic E-state index is 12.2. The van der Waals surface area contributed by atoms with Crippen molar-refractivity contribution in [3.63, 3.8) is 0 Å². The molecule has 1 atom stereocenters. The van der Waals surface area contributed by atoms with Gasteiger partial charge in [-0.1, -0.05) is 18.2 Å². The minimum Gasteiger partial charge on any atom is -0.497 e. The fraction of sp³-hybridized carbons (Fsp3) is 0.176. The van der Waals surface area contributed by atoms with Crippen LogP contribution in [0.2, 0.25) is 0 Å². The zero-order valence-electron chi connectivity index (χ0n) is 13.0. The summed E-state index contributed by atoms with van der Waals surface area (Å²) in [5.74, 6) is 0.321. The molecule has 1 unspecified atom stereocenters. The molecule has 0 spiro atoms. The number of aliphatic hydroxyl groups is 1. The molecular weight excluding hydrogens is 326 g/mol. The summed E-state index contributed by atoms with van der Waals surface area (Å²) in [7, 11) is 1.57. The van der Waals surface area contributed by atoms with Crippen molar-refractivity contribution in [3.05, 3.63) is 59.1 Å². The fourth-order valence-electron chi connectivity index (χ4n) is 2.24. The van der Waals surface area contributed by atoms with Crippen LogP contribution >= 0.6 is 11.3 Å². The molecule has 0 aliphatic carbocycles. The summed E-state index contributed by atoms with van der Waals surface area (Å²) in [5, 5.41) is 21.7. The van der Waals surface area contributed by atoms with Gasteiger partial charge in [0.2, 0.25) is 0 Å². The van der Waals surface area contributed by atoms with Gasteiger partial charge in [-0.25, -0.2) is 0 Å². The molecule has 0 saturated heterocycles. The lowest BCUT2D eigenvalue weighted by atomic mass is 10.1. The van der Waals surface area contributed by atoms with E-state index in [9.17, 15) is 9.90 Å². The van der Waals surface area contributed by atoms with E-state index in [2.05, 4.69) is 15.5 Å². The highest BCUT2D eigenvalue weighted by Crippen LogP contribution is 2.23. The van der Waals surface area contributed by atoms with Crippen LogP contribution in [0.15, 0.2) is 47.8 Å². The van der Waals surface area contributed by atoms with Crippen LogP contribution in [0.3, 0.4) is 0 Å². The number of nitrogens with one attached hydrogen (secondary N) is 2. The van der Waals surface area contributed by atoms with Crippen LogP contribution in [0.25, 0.3) is 10.6 Å². The molecular formula is C17H17N3O3S. The maximum atomic E-state index is 12.2. The summed E-state index contributed by atoms with van der Waals surface area (Å²) in [5.41, 5.74) is 1.76. The summed E-state index contributed by atoms with van der Waals surface area (Å²) < 4.78 is 5.13. The van der Waals surface area contributed by atoms with E-state index in [1.54, 1.807) is 48.8 Å². The molecule has 0 radical (unpaired) electrons. The van der Waals surface area contributed by atoms with Gasteiger partial charge in [0.15, 0.2) is 5.69 Å². The van der Waals surface area contributed by atoms with Crippen LogP contribution in [-0.2, 0) is 0 Å². The van der Waals surface area contributed by atoms with E-state index >= 15 is 0 Å². The van der Waals surface area contributed by atoms with Gasteiger partial charge in [0.25, 0.3) is 5.91 Å². The molecule has 0 fully saturated rings. The third-order valence-corrected chi connectivity index (χ3v) is 4.43. The maximum Gasteiger partial charge on any atom is 0.271 e. The van der Waals surface area contributed by atoms with Crippen molar-refractivity contribution in [2.24, 2.45) is 0 Å². The Kier molecular flexibility index (Phi) is 4.93. The summed E-state index contributed by atoms with van der Waals surface area (Å²) >= 11 is 1.57. The fourth-order valence-corrected chi connectivity index (χ4v) is 2.94. The molecule has 124 valence electrons. The number of aromatic amines is 1. The number of thiophene rings is 1. The normalized spacial score (nSPS) is 11.9. The molecule has 6 nitrogen and oxygen atoms in total. The van der Waals surface area contributed by atoms with Crippen molar-refractivity contribution in [2.75, 3.05) is 13.7 Å². The molecule has 0 bridgehead atoms. The van der Waals surface area contributed by atoms with Crippen molar-refractivity contribution in [2.45, 2.75) is 6.10 Å². The first-order valence-electron chi connectivity index (χ1n) is 7.37. The number of aromatic nitrogens is 2. The number of hydrogen-bond acceptors (Lipinski definition) is 5. The van der Waals surface area contributed by atoms with E-state index in [0.29, 0.717) is 11.3 Å². The second-order valence-corrected chi connectivity index (χ2v) is 6.09. The number of carbonyl (C=O) groups is 1. The van der Waals surface area contributed by atoms with Gasteiger partial charge in [0.1, 0.15) is 5.75 Å². The number of carbonyl (C=O) groups excluding carboxylic acids is 1. The largest absolute Gasteiger partial charge is 0.497 e. The summed E-state index contributed by atoms with van der Waals surface area (Å²) in [6, 6.07) is 12.7. The third kappa shape index (κ3) is 3.64. The molecule has 1 amide bonds. The van der Waals surface area contributed by atoms with Crippen molar-refractivity contribution >= 4 is 17.2 Å². The Morgan fingerprint density at radius 1 is 1.38 bits per heavy atom. The van der Waals surface area contributed by atoms with Crippen molar-refractivity contribution in [1.82, 2.24) is 15.5 Å². The third-order valence-electron chi connectivity index (χ3n) is 3.53. The van der Waals surface area contributed by atoms with E-state index in [-0.39, 0.29) is 18.1 Å². The van der Waals surface area contributed by atoms with Crippen molar-refractivity contribution in [1.29, 1.82) is 0 Å². The van der Waals surface area contributed by atoms with Crippen LogP contribution in [0.5, 0.6) is 5.75 Å². The molecule has 3 aromatic rings. The van der Waals surface area contributed by atoms with Gasteiger partial charge in [-0.05, 0) is 35.2 Å². The summed E-state index contributed by atoms with van der Waals surface area (Å²) in [6.07, 6.45) is -0.820. The predicted octanol–water partition coefficient (Wildman–Crippen LogP) is 2.61. The Hall–Kier alpha value is -2.64. The van der Waals surface area contributed by atoms with Gasteiger partial charge in [0, 0.05) is 6.54 Å². The lowest BCUT2D eigenvalue weighted by Gasteiger charge is -2.12. The van der Waals surface area contributed by atoms with Gasteiger partial charge >= 0.3 is 0 Å². The molecule has 1 aromatic carbocycles. The smallest absolute Gasteiger partial charge is 0.271 e. The average Bonchev–Trinajstić information content (AvgIpc) is 3.30. The lowest BCUT2D eigenvalue weighted by Crippen LogP contribution is -2.28. The summed E-state index contributed by atoms with van der Waals surface area (Å²) in [6.45, 7) is 0.0905. The first-order valence-corrected chi connectivity index (χ1v) is 8.25. The quantitative estimate of drug-likeness (QED) is 0.642. The second kappa shape index (κ2) is 7.29. The Morgan fingerprint density at radius 3 is 3.00 bits per heavy atom. The number of aliphatic hydroxyl groups excluding tert-OH is 1. The van der Waals surface area contributed by atoms with Crippen LogP contribution < -0.4 is 10.1 Å². The number of nitrogens with zero attached hydrogens (tertiary/aromatic N) is 1. The van der Waals surface area contributed by atoms with Crippen LogP contribution in [0.1, 0.15) is 22.2 Å². The number of ether oxygens (including phenoxy) is 1. The minimum absolute atomic E-state index is 0.0905. The number of rotatable bonds is 6. The van der Waals surface area contributed by atoms with Crippen molar-refractivity contribution < 1.29 is 14.6 Å². The summed E-state index contributed by atoms with van der Waals surface area (Å²) in [4.78, 5) is 13.2. The van der Waals surface area contributed by atoms with Gasteiger partial charge in [-0.2, -0.15) is 5.10 Å². The Morgan fingerprint density at radius 2 is 2.25 bits per heavy atom. The van der Waals surface area contributed by atoms with Gasteiger partial charge in [0.05, 0.1) is 23.8 Å². The van der Waals surface area contributed by atoms with E-state index in [1.807, 2.05) is 17.5 Å². The molecule has 3 rings (SSSR count). The molecule has 0 aliphatic heterocycles. The van der Waals surface area contributed by atoms with E-state index < -0.39 is 6.10 Å². The van der Waals surface area contributed by atoms with Gasteiger partial charge in [-0.15, -0.1) is 11.3 Å². The number of benzene rings is 1. The van der Waals surface area contributed by atoms with Crippen LogP contribution in [0.4, 0.5) is 0 Å². The molecule has 0 aliphatic rings. The topological polar surface area (TPSA) is 87.2 Å². The number of H-pyrrole nitrogens is 1. The van der Waals surface area contributed by atoms with Crippen molar-refractivity contribution in [3.8, 4) is 16.3 Å². The van der Waals surface area contributed by atoms with Crippen LogP contribution in [0, 0.1) is 0 Å². The highest BCUT2D eigenvalue weighted by molar-refractivity contribution is 7.13. The zero-order chi connectivity index (χ0) is 16.9. The molecule has 7 heteroatoms. The average molecular weight is 343 g/mol.